The highest BCUT2D eigenvalue weighted by atomic mass is 28.3. The molecular formula is C42H46Si. The smallest absolute Gasteiger partial charge is 0.129 e. The van der Waals surface area contributed by atoms with Crippen LogP contribution in [0.5, 0.6) is 0 Å². The lowest BCUT2D eigenvalue weighted by atomic mass is 9.47. The standard InChI is InChI=1S/C42H46Si/c1-2-41-35-24-12-15-27-38(35)42(39-28-16-13-25-36(39)41,40-29-17-14-26-37(40)41)30-31-43(32-18-6-3-7-19-32,33-20-8-4-9-21-33)34-22-10-5-11-23-34/h1,12-17,24-29,32-34H,3-11,18-23H2. The van der Waals surface area contributed by atoms with Gasteiger partial charge in [-0.15, -0.1) is 12.0 Å². The average Bonchev–Trinajstić information content (AvgIpc) is 3.10. The lowest BCUT2D eigenvalue weighted by molar-refractivity contribution is 0.421. The predicted octanol–water partition coefficient (Wildman–Crippen LogP) is 10.6. The van der Waals surface area contributed by atoms with E-state index in [1.54, 1.807) is 0 Å². The summed E-state index contributed by atoms with van der Waals surface area (Å²) in [6.07, 6.45) is 28.0. The third kappa shape index (κ3) is 3.83. The summed E-state index contributed by atoms with van der Waals surface area (Å²) in [5.74, 6) is 7.79. The lowest BCUT2D eigenvalue weighted by Gasteiger charge is -2.53. The van der Waals surface area contributed by atoms with Gasteiger partial charge in [0.2, 0.25) is 0 Å². The van der Waals surface area contributed by atoms with Gasteiger partial charge in [-0.2, -0.15) is 0 Å². The van der Waals surface area contributed by atoms with Crippen LogP contribution < -0.4 is 0 Å². The zero-order valence-corrected chi connectivity index (χ0v) is 26.8. The first-order chi connectivity index (χ1) is 21.3. The fourth-order valence-corrected chi connectivity index (χ4v) is 18.1. The SMILES string of the molecule is C#CC12c3ccccc3C(C#C[Si](C3CCCCC3)(C3CCCCC3)C3CCCCC3)(c3ccccc31)c1ccccc12. The van der Waals surface area contributed by atoms with Gasteiger partial charge in [-0.3, -0.25) is 0 Å². The summed E-state index contributed by atoms with van der Waals surface area (Å²) < 4.78 is 0. The van der Waals surface area contributed by atoms with E-state index in [9.17, 15) is 0 Å². The van der Waals surface area contributed by atoms with Gasteiger partial charge in [-0.25, -0.2) is 0 Å². The zero-order chi connectivity index (χ0) is 28.9. The van der Waals surface area contributed by atoms with Gasteiger partial charge in [-0.05, 0) is 50.0 Å². The van der Waals surface area contributed by atoms with E-state index in [4.69, 9.17) is 6.42 Å². The van der Waals surface area contributed by atoms with E-state index in [1.807, 2.05) is 0 Å². The third-order valence-electron chi connectivity index (χ3n) is 12.7. The normalized spacial score (nSPS) is 27.2. The summed E-state index contributed by atoms with van der Waals surface area (Å²) in [4.78, 5) is 0. The first-order valence-corrected chi connectivity index (χ1v) is 19.8. The summed E-state index contributed by atoms with van der Waals surface area (Å²) in [6, 6.07) is 27.3. The van der Waals surface area contributed by atoms with Crippen molar-refractivity contribution in [3.8, 4) is 23.8 Å². The Balaban J connectivity index is 1.44. The molecule has 0 aromatic heterocycles. The highest BCUT2D eigenvalue weighted by molar-refractivity contribution is 6.91. The first-order valence-electron chi connectivity index (χ1n) is 17.6. The summed E-state index contributed by atoms with van der Waals surface area (Å²) in [5, 5.41) is 0. The topological polar surface area (TPSA) is 0 Å². The number of rotatable bonds is 3. The molecule has 218 valence electrons. The van der Waals surface area contributed by atoms with Crippen LogP contribution >= 0.6 is 0 Å². The molecule has 43 heavy (non-hydrogen) atoms. The Morgan fingerprint density at radius 3 is 1.07 bits per heavy atom. The second-order valence-electron chi connectivity index (χ2n) is 14.5. The first kappa shape index (κ1) is 27.5. The van der Waals surface area contributed by atoms with Crippen LogP contribution in [-0.4, -0.2) is 8.07 Å². The van der Waals surface area contributed by atoms with Crippen molar-refractivity contribution in [2.45, 2.75) is 124 Å². The van der Waals surface area contributed by atoms with Crippen LogP contribution in [0.1, 0.15) is 130 Å². The second kappa shape index (κ2) is 10.9. The van der Waals surface area contributed by atoms with E-state index < -0.39 is 18.9 Å². The van der Waals surface area contributed by atoms with E-state index in [0.717, 1.165) is 16.6 Å². The minimum Gasteiger partial charge on any atom is -0.129 e. The molecule has 0 aliphatic heterocycles. The minimum atomic E-state index is -2.02. The molecule has 1 heteroatoms. The monoisotopic (exact) mass is 578 g/mol. The Labute approximate surface area is 261 Å². The molecule has 6 aliphatic rings. The van der Waals surface area contributed by atoms with Crippen LogP contribution in [0.3, 0.4) is 0 Å². The van der Waals surface area contributed by atoms with Crippen molar-refractivity contribution in [2.24, 2.45) is 0 Å². The Hall–Kier alpha value is -3.00. The maximum Gasteiger partial charge on any atom is 0.147 e. The fourth-order valence-electron chi connectivity index (χ4n) is 11.0. The highest BCUT2D eigenvalue weighted by Gasteiger charge is 2.59. The maximum atomic E-state index is 6.62. The van der Waals surface area contributed by atoms with E-state index in [1.165, 1.54) is 130 Å². The average molecular weight is 579 g/mol. The van der Waals surface area contributed by atoms with Crippen LogP contribution in [0.15, 0.2) is 72.8 Å². The van der Waals surface area contributed by atoms with Crippen LogP contribution in [0, 0.1) is 23.8 Å². The lowest BCUT2D eigenvalue weighted by Crippen LogP contribution is -2.52. The van der Waals surface area contributed by atoms with Gasteiger partial charge in [0.25, 0.3) is 0 Å². The Bertz CT molecular complexity index is 1440. The summed E-state index contributed by atoms with van der Waals surface area (Å²) in [6.45, 7) is 0. The van der Waals surface area contributed by atoms with E-state index in [0.29, 0.717) is 0 Å². The van der Waals surface area contributed by atoms with Crippen molar-refractivity contribution in [2.75, 3.05) is 0 Å². The van der Waals surface area contributed by atoms with Crippen molar-refractivity contribution in [1.29, 1.82) is 0 Å². The Morgan fingerprint density at radius 2 is 0.767 bits per heavy atom. The van der Waals surface area contributed by atoms with E-state index in [-0.39, 0.29) is 0 Å². The maximum absolute atomic E-state index is 6.62. The van der Waals surface area contributed by atoms with E-state index in [2.05, 4.69) is 90.2 Å². The Morgan fingerprint density at radius 1 is 0.465 bits per heavy atom. The van der Waals surface area contributed by atoms with Crippen molar-refractivity contribution < 1.29 is 0 Å². The molecular weight excluding hydrogens is 533 g/mol. The van der Waals surface area contributed by atoms with Crippen molar-refractivity contribution in [3.63, 3.8) is 0 Å². The molecule has 0 unspecified atom stereocenters. The van der Waals surface area contributed by atoms with E-state index >= 15 is 0 Å². The van der Waals surface area contributed by atoms with Gasteiger partial charge in [0.1, 0.15) is 18.9 Å². The molecule has 3 aromatic rings. The van der Waals surface area contributed by atoms with Crippen LogP contribution in [0.25, 0.3) is 0 Å². The minimum absolute atomic E-state index is 0.460. The van der Waals surface area contributed by atoms with Crippen molar-refractivity contribution in [3.05, 3.63) is 106 Å². The van der Waals surface area contributed by atoms with Gasteiger partial charge >= 0.3 is 0 Å². The third-order valence-corrected chi connectivity index (χ3v) is 19.1. The van der Waals surface area contributed by atoms with Crippen LogP contribution in [0.2, 0.25) is 16.6 Å². The quantitative estimate of drug-likeness (QED) is 0.214. The summed E-state index contributed by atoms with van der Waals surface area (Å²) >= 11 is 0. The van der Waals surface area contributed by atoms with Crippen molar-refractivity contribution in [1.82, 2.24) is 0 Å². The number of terminal acetylenes is 1. The largest absolute Gasteiger partial charge is 0.147 e. The molecule has 0 saturated heterocycles. The fraction of sp³-hybridized carbons (Fsp3) is 0.476. The van der Waals surface area contributed by atoms with Crippen LogP contribution in [-0.2, 0) is 10.8 Å². The molecule has 0 radical (unpaired) electrons. The molecule has 0 atom stereocenters. The molecule has 0 N–H and O–H groups in total. The molecule has 0 spiro atoms. The number of hydrogen-bond donors (Lipinski definition) is 0. The van der Waals surface area contributed by atoms with Gasteiger partial charge in [0.05, 0.1) is 0 Å². The molecule has 2 bridgehead atoms. The second-order valence-corrected chi connectivity index (χ2v) is 19.0. The highest BCUT2D eigenvalue weighted by Crippen LogP contribution is 2.62. The molecule has 3 saturated carbocycles. The number of benzene rings is 3. The molecule has 0 amide bonds. The molecule has 6 aliphatic carbocycles. The summed E-state index contributed by atoms with van der Waals surface area (Å²) in [7, 11) is -2.02. The van der Waals surface area contributed by atoms with Gasteiger partial charge < -0.3 is 0 Å². The van der Waals surface area contributed by atoms with Gasteiger partial charge in [-0.1, -0.05) is 181 Å². The summed E-state index contributed by atoms with van der Waals surface area (Å²) in [5.41, 5.74) is 14.1. The van der Waals surface area contributed by atoms with Crippen molar-refractivity contribution >= 4 is 8.07 Å². The van der Waals surface area contributed by atoms with Gasteiger partial charge in [0.15, 0.2) is 0 Å². The predicted molar refractivity (Wildman–Crippen MR) is 182 cm³/mol. The molecule has 3 aromatic carbocycles. The Kier molecular flexibility index (Phi) is 6.96. The zero-order valence-electron chi connectivity index (χ0n) is 25.8. The van der Waals surface area contributed by atoms with Gasteiger partial charge in [0, 0.05) is 0 Å². The van der Waals surface area contributed by atoms with Crippen LogP contribution in [0.4, 0.5) is 0 Å². The molecule has 3 fully saturated rings. The molecule has 9 rings (SSSR count). The molecule has 0 heterocycles. The molecule has 0 nitrogen and oxygen atoms in total. The number of hydrogen-bond acceptors (Lipinski definition) is 0.